The number of nitrogens with zero attached hydrogens (tertiary/aromatic N) is 4. The van der Waals surface area contributed by atoms with Crippen molar-refractivity contribution in [3.8, 4) is 11.5 Å². The number of hydrogen-bond acceptors (Lipinski definition) is 2. The van der Waals surface area contributed by atoms with Gasteiger partial charge < -0.3 is 14.8 Å². The summed E-state index contributed by atoms with van der Waals surface area (Å²) in [7, 11) is 0. The number of anilines is 1. The smallest absolute Gasteiger partial charge is 0.308 e. The molecule has 2 amide bonds. The molecule has 7 heteroatoms. The molecule has 1 unspecified atom stereocenters. The number of hydrogen-bond donors (Lipinski definition) is 1. The molecule has 0 fully saturated rings. The lowest BCUT2D eigenvalue weighted by Crippen LogP contribution is -2.38. The minimum Gasteiger partial charge on any atom is -0.308 e. The Balaban J connectivity index is 1.53. The van der Waals surface area contributed by atoms with Gasteiger partial charge >= 0.3 is 6.03 Å². The summed E-state index contributed by atoms with van der Waals surface area (Å²) < 4.78 is 4.15. The fourth-order valence-electron chi connectivity index (χ4n) is 5.07. The van der Waals surface area contributed by atoms with E-state index in [0.29, 0.717) is 17.3 Å². The maximum absolute atomic E-state index is 13.9. The van der Waals surface area contributed by atoms with Gasteiger partial charge in [0.25, 0.3) is 0 Å². The van der Waals surface area contributed by atoms with Crippen molar-refractivity contribution >= 4 is 23.3 Å². The highest BCUT2D eigenvalue weighted by Gasteiger charge is 2.36. The number of rotatable bonds is 3. The Labute approximate surface area is 220 Å². The molecule has 1 aliphatic heterocycles. The number of nitrogens with one attached hydrogen (secondary N) is 1. The maximum Gasteiger partial charge on any atom is 0.322 e. The fourth-order valence-corrected chi connectivity index (χ4v) is 5.19. The highest BCUT2D eigenvalue weighted by molar-refractivity contribution is 6.30. The van der Waals surface area contributed by atoms with Crippen molar-refractivity contribution in [2.24, 2.45) is 0 Å². The molecule has 0 radical (unpaired) electrons. The molecule has 0 saturated heterocycles. The van der Waals surface area contributed by atoms with Gasteiger partial charge in [0.2, 0.25) is 0 Å². The molecule has 184 valence electrons. The van der Waals surface area contributed by atoms with Gasteiger partial charge in [0.15, 0.2) is 0 Å². The average Bonchev–Trinajstić information content (AvgIpc) is 3.46. The van der Waals surface area contributed by atoms with Crippen LogP contribution in [0.2, 0.25) is 5.02 Å². The predicted octanol–water partition coefficient (Wildman–Crippen LogP) is 7.07. The van der Waals surface area contributed by atoms with Gasteiger partial charge in [-0.1, -0.05) is 59.6 Å². The molecule has 0 bridgehead atoms. The fraction of sp³-hybridized carbons (Fsp3) is 0.133. The topological polar surface area (TPSA) is 55.1 Å². The highest BCUT2D eigenvalue weighted by atomic mass is 35.5. The Bertz CT molecular complexity index is 1590. The van der Waals surface area contributed by atoms with E-state index in [2.05, 4.69) is 47.3 Å². The van der Waals surface area contributed by atoms with Crippen LogP contribution in [0.25, 0.3) is 11.5 Å². The standard InChI is InChI=1S/C30H26ClN5O/c1-20-8-6-9-22(18-20)28-27-12-7-17-34(27)29-26(21(2)33-36(29)25-10-4-3-5-11-25)19-35(28)30(37)32-24-15-13-23(31)14-16-24/h3-18,28H,19H2,1-2H3,(H,32,37). The molecule has 5 aromatic rings. The molecule has 3 heterocycles. The number of carbonyl (C=O) groups is 1. The first kappa shape index (κ1) is 23.1. The summed E-state index contributed by atoms with van der Waals surface area (Å²) in [5.74, 6) is 0.947. The van der Waals surface area contributed by atoms with E-state index in [1.165, 1.54) is 0 Å². The number of para-hydroxylation sites is 1. The number of aryl methyl sites for hydroxylation is 2. The average molecular weight is 508 g/mol. The first-order chi connectivity index (χ1) is 18.0. The second kappa shape index (κ2) is 9.30. The van der Waals surface area contributed by atoms with Crippen LogP contribution in [0.5, 0.6) is 0 Å². The van der Waals surface area contributed by atoms with Gasteiger partial charge in [0, 0.05) is 22.5 Å². The second-order valence-electron chi connectivity index (χ2n) is 9.32. The van der Waals surface area contributed by atoms with Gasteiger partial charge in [-0.25, -0.2) is 9.48 Å². The van der Waals surface area contributed by atoms with Crippen LogP contribution >= 0.6 is 11.6 Å². The first-order valence-corrected chi connectivity index (χ1v) is 12.6. The Morgan fingerprint density at radius 3 is 2.49 bits per heavy atom. The van der Waals surface area contributed by atoms with E-state index in [9.17, 15) is 4.79 Å². The SMILES string of the molecule is Cc1cccc(C2c3cccn3-c3c(c(C)nn3-c3ccccc3)CN2C(=O)Nc2ccc(Cl)cc2)c1. The number of fused-ring (bicyclic) bond motifs is 3. The zero-order valence-corrected chi connectivity index (χ0v) is 21.4. The van der Waals surface area contributed by atoms with E-state index in [1.54, 1.807) is 12.1 Å². The third kappa shape index (κ3) is 4.19. The van der Waals surface area contributed by atoms with E-state index >= 15 is 0 Å². The van der Waals surface area contributed by atoms with Crippen LogP contribution in [0.15, 0.2) is 97.2 Å². The minimum absolute atomic E-state index is 0.193. The lowest BCUT2D eigenvalue weighted by atomic mass is 10.00. The van der Waals surface area contributed by atoms with Crippen molar-refractivity contribution in [3.63, 3.8) is 0 Å². The molecule has 1 N–H and O–H groups in total. The summed E-state index contributed by atoms with van der Waals surface area (Å²) in [6, 6.07) is 29.2. The molecule has 6 nitrogen and oxygen atoms in total. The van der Waals surface area contributed by atoms with E-state index in [4.69, 9.17) is 16.7 Å². The van der Waals surface area contributed by atoms with Crippen LogP contribution in [0, 0.1) is 13.8 Å². The Morgan fingerprint density at radius 2 is 1.73 bits per heavy atom. The van der Waals surface area contributed by atoms with Gasteiger partial charge in [-0.2, -0.15) is 5.10 Å². The van der Waals surface area contributed by atoms with Crippen LogP contribution < -0.4 is 5.32 Å². The quantitative estimate of drug-likeness (QED) is 0.284. The van der Waals surface area contributed by atoms with Gasteiger partial charge in [-0.3, -0.25) is 0 Å². The molecule has 3 aromatic carbocycles. The summed E-state index contributed by atoms with van der Waals surface area (Å²) in [6.45, 7) is 4.47. The van der Waals surface area contributed by atoms with Gasteiger partial charge in [0.1, 0.15) is 5.82 Å². The predicted molar refractivity (Wildman–Crippen MR) is 147 cm³/mol. The zero-order chi connectivity index (χ0) is 25.5. The lowest BCUT2D eigenvalue weighted by Gasteiger charge is -2.31. The van der Waals surface area contributed by atoms with Crippen molar-refractivity contribution in [2.75, 3.05) is 5.32 Å². The van der Waals surface area contributed by atoms with E-state index in [1.807, 2.05) is 71.1 Å². The van der Waals surface area contributed by atoms with Gasteiger partial charge in [-0.05, 0) is 67.9 Å². The molecule has 1 aliphatic rings. The number of aromatic nitrogens is 3. The summed E-state index contributed by atoms with van der Waals surface area (Å²) in [4.78, 5) is 15.8. The van der Waals surface area contributed by atoms with Crippen molar-refractivity contribution in [1.29, 1.82) is 0 Å². The normalized spacial score (nSPS) is 14.6. The molecule has 37 heavy (non-hydrogen) atoms. The summed E-state index contributed by atoms with van der Waals surface area (Å²) in [6.07, 6.45) is 2.05. The molecule has 2 aromatic heterocycles. The van der Waals surface area contributed by atoms with Crippen LogP contribution in [0.1, 0.15) is 34.1 Å². The Hall–Kier alpha value is -4.29. The third-order valence-electron chi connectivity index (χ3n) is 6.80. The second-order valence-corrected chi connectivity index (χ2v) is 9.76. The first-order valence-electron chi connectivity index (χ1n) is 12.2. The Kier molecular flexibility index (Phi) is 5.81. The molecule has 6 rings (SSSR count). The van der Waals surface area contributed by atoms with Crippen LogP contribution in [0.4, 0.5) is 10.5 Å². The van der Waals surface area contributed by atoms with Crippen LogP contribution in [-0.4, -0.2) is 25.3 Å². The minimum atomic E-state index is -0.307. The summed E-state index contributed by atoms with van der Waals surface area (Å²) in [5, 5.41) is 8.61. The number of urea groups is 1. The molecule has 0 saturated carbocycles. The molecular formula is C30H26ClN5O. The van der Waals surface area contributed by atoms with Crippen LogP contribution in [0.3, 0.4) is 0 Å². The van der Waals surface area contributed by atoms with Crippen LogP contribution in [-0.2, 0) is 6.54 Å². The van der Waals surface area contributed by atoms with Crippen molar-refractivity contribution in [3.05, 3.63) is 130 Å². The summed E-state index contributed by atoms with van der Waals surface area (Å²) in [5.41, 5.74) is 6.73. The third-order valence-corrected chi connectivity index (χ3v) is 7.05. The lowest BCUT2D eigenvalue weighted by molar-refractivity contribution is 0.194. The van der Waals surface area contributed by atoms with E-state index in [-0.39, 0.29) is 12.1 Å². The number of halogens is 1. The zero-order valence-electron chi connectivity index (χ0n) is 20.6. The monoisotopic (exact) mass is 507 g/mol. The van der Waals surface area contributed by atoms with Gasteiger partial charge in [-0.15, -0.1) is 0 Å². The molecule has 0 spiro atoms. The summed E-state index contributed by atoms with van der Waals surface area (Å²) >= 11 is 6.07. The van der Waals surface area contributed by atoms with Crippen molar-refractivity contribution < 1.29 is 4.79 Å². The number of amides is 2. The molecule has 0 aliphatic carbocycles. The van der Waals surface area contributed by atoms with E-state index < -0.39 is 0 Å². The van der Waals surface area contributed by atoms with Crippen molar-refractivity contribution in [1.82, 2.24) is 19.2 Å². The molecular weight excluding hydrogens is 482 g/mol. The number of carbonyl (C=O) groups excluding carboxylic acids is 1. The number of benzene rings is 3. The van der Waals surface area contributed by atoms with Gasteiger partial charge in [0.05, 0.1) is 29.7 Å². The molecule has 1 atom stereocenters. The highest BCUT2D eigenvalue weighted by Crippen LogP contribution is 2.39. The Morgan fingerprint density at radius 1 is 0.946 bits per heavy atom. The maximum atomic E-state index is 13.9. The largest absolute Gasteiger partial charge is 0.322 e. The van der Waals surface area contributed by atoms with E-state index in [0.717, 1.165) is 39.6 Å². The van der Waals surface area contributed by atoms with Crippen molar-refractivity contribution in [2.45, 2.75) is 26.4 Å².